The average molecular weight is 144 g/mol. The minimum absolute atomic E-state index is 0.302. The Balaban J connectivity index is 2.39. The molecule has 0 heterocycles. The van der Waals surface area contributed by atoms with Crippen LogP contribution in [0.4, 0.5) is 0 Å². The highest BCUT2D eigenvalue weighted by atomic mass is 16.4. The highest BCUT2D eigenvalue weighted by molar-refractivity contribution is 5.70. The van der Waals surface area contributed by atoms with E-state index in [9.17, 15) is 4.79 Å². The maximum Gasteiger partial charge on any atom is 0.306 e. The Labute approximate surface area is 59.7 Å². The van der Waals surface area contributed by atoms with Gasteiger partial charge < -0.3 is 10.2 Å². The van der Waals surface area contributed by atoms with Crippen LogP contribution >= 0.6 is 0 Å². The minimum atomic E-state index is -0.765. The van der Waals surface area contributed by atoms with Crippen LogP contribution < -0.4 is 0 Å². The molecule has 1 rings (SSSR count). The fraction of sp³-hybridized carbons (Fsp3) is 0.857. The number of aliphatic hydroxyl groups is 1. The smallest absolute Gasteiger partial charge is 0.306 e. The van der Waals surface area contributed by atoms with Gasteiger partial charge in [-0.25, -0.2) is 0 Å². The summed E-state index contributed by atoms with van der Waals surface area (Å²) < 4.78 is 0. The average Bonchev–Trinajstić information content (AvgIpc) is 1.88. The largest absolute Gasteiger partial charge is 0.481 e. The van der Waals surface area contributed by atoms with E-state index in [1.807, 2.05) is 0 Å². The zero-order valence-corrected chi connectivity index (χ0v) is 5.79. The lowest BCUT2D eigenvalue weighted by Gasteiger charge is -2.21. The third-order valence-corrected chi connectivity index (χ3v) is 2.00. The Morgan fingerprint density at radius 3 is 2.50 bits per heavy atom. The van der Waals surface area contributed by atoms with Crippen molar-refractivity contribution in [3.63, 3.8) is 0 Å². The van der Waals surface area contributed by atoms with Crippen molar-refractivity contribution in [2.75, 3.05) is 0 Å². The van der Waals surface area contributed by atoms with Crippen molar-refractivity contribution in [3.8, 4) is 0 Å². The van der Waals surface area contributed by atoms with Crippen LogP contribution in [-0.2, 0) is 4.79 Å². The number of rotatable bonds is 1. The van der Waals surface area contributed by atoms with Crippen LogP contribution in [-0.4, -0.2) is 22.3 Å². The van der Waals surface area contributed by atoms with Gasteiger partial charge in [-0.1, -0.05) is 6.42 Å². The van der Waals surface area contributed by atoms with Gasteiger partial charge >= 0.3 is 5.97 Å². The number of carbonyl (C=O) groups is 1. The Hall–Kier alpha value is -0.570. The zero-order chi connectivity index (χ0) is 7.56. The van der Waals surface area contributed by atoms with Crippen LogP contribution in [0.3, 0.4) is 0 Å². The molecule has 1 aliphatic rings. The number of hydrogen-bond donors (Lipinski definition) is 2. The molecular formula is C7H12O3. The zero-order valence-electron chi connectivity index (χ0n) is 5.79. The van der Waals surface area contributed by atoms with Gasteiger partial charge in [0.2, 0.25) is 0 Å². The molecule has 0 aliphatic heterocycles. The van der Waals surface area contributed by atoms with Crippen LogP contribution in [0.25, 0.3) is 0 Å². The summed E-state index contributed by atoms with van der Waals surface area (Å²) >= 11 is 0. The van der Waals surface area contributed by atoms with E-state index in [0.717, 1.165) is 19.3 Å². The molecule has 1 saturated carbocycles. The van der Waals surface area contributed by atoms with E-state index in [2.05, 4.69) is 0 Å². The van der Waals surface area contributed by atoms with Gasteiger partial charge in [0.15, 0.2) is 0 Å². The Morgan fingerprint density at radius 1 is 1.40 bits per heavy atom. The maximum absolute atomic E-state index is 10.4. The molecule has 58 valence electrons. The maximum atomic E-state index is 10.4. The van der Waals surface area contributed by atoms with E-state index in [-0.39, 0.29) is 12.0 Å². The standard InChI is InChI=1S/C7H12O3/c8-6-3-1-2-5(4-6)7(9)10/h5-6,8H,1-4H2,(H,9,10)/t5-,6?/m1/s1. The lowest BCUT2D eigenvalue weighted by molar-refractivity contribution is -0.144. The summed E-state index contributed by atoms with van der Waals surface area (Å²) in [5, 5.41) is 17.6. The van der Waals surface area contributed by atoms with E-state index in [0.29, 0.717) is 6.42 Å². The minimum Gasteiger partial charge on any atom is -0.481 e. The summed E-state index contributed by atoms with van der Waals surface area (Å²) in [5.41, 5.74) is 0. The molecule has 1 fully saturated rings. The quantitative estimate of drug-likeness (QED) is 0.567. The molecule has 0 radical (unpaired) electrons. The number of aliphatic hydroxyl groups excluding tert-OH is 1. The topological polar surface area (TPSA) is 57.5 Å². The molecule has 0 saturated heterocycles. The van der Waals surface area contributed by atoms with Gasteiger partial charge in [0.05, 0.1) is 12.0 Å². The summed E-state index contributed by atoms with van der Waals surface area (Å²) in [5.74, 6) is -1.07. The van der Waals surface area contributed by atoms with E-state index >= 15 is 0 Å². The SMILES string of the molecule is O=C(O)[C@@H]1CCCC(O)C1. The molecule has 0 aromatic carbocycles. The number of carboxylic acid groups (broad SMARTS) is 1. The van der Waals surface area contributed by atoms with E-state index in [1.54, 1.807) is 0 Å². The third-order valence-electron chi connectivity index (χ3n) is 2.00. The first-order valence-electron chi connectivity index (χ1n) is 3.61. The molecule has 1 unspecified atom stereocenters. The number of hydrogen-bond acceptors (Lipinski definition) is 2. The fourth-order valence-corrected chi connectivity index (χ4v) is 1.39. The van der Waals surface area contributed by atoms with Gasteiger partial charge in [0.25, 0.3) is 0 Å². The molecule has 2 N–H and O–H groups in total. The molecule has 2 atom stereocenters. The van der Waals surface area contributed by atoms with Crippen molar-refractivity contribution in [1.29, 1.82) is 0 Å². The van der Waals surface area contributed by atoms with Crippen LogP contribution in [0.1, 0.15) is 25.7 Å². The third kappa shape index (κ3) is 1.70. The number of aliphatic carboxylic acids is 1. The first-order valence-corrected chi connectivity index (χ1v) is 3.61. The fourth-order valence-electron chi connectivity index (χ4n) is 1.39. The van der Waals surface area contributed by atoms with Crippen LogP contribution in [0, 0.1) is 5.92 Å². The lowest BCUT2D eigenvalue weighted by atomic mass is 9.87. The monoisotopic (exact) mass is 144 g/mol. The second kappa shape index (κ2) is 3.01. The molecule has 0 aromatic rings. The van der Waals surface area contributed by atoms with Crippen LogP contribution in [0.15, 0.2) is 0 Å². The van der Waals surface area contributed by atoms with E-state index in [1.165, 1.54) is 0 Å². The molecule has 0 amide bonds. The van der Waals surface area contributed by atoms with Gasteiger partial charge in [-0.05, 0) is 19.3 Å². The lowest BCUT2D eigenvalue weighted by Crippen LogP contribution is -2.25. The Kier molecular flexibility index (Phi) is 2.27. The molecule has 10 heavy (non-hydrogen) atoms. The van der Waals surface area contributed by atoms with Crippen molar-refractivity contribution in [2.45, 2.75) is 31.8 Å². The molecule has 1 aliphatic carbocycles. The van der Waals surface area contributed by atoms with Crippen LogP contribution in [0.2, 0.25) is 0 Å². The second-order valence-corrected chi connectivity index (χ2v) is 2.86. The molecule has 3 nitrogen and oxygen atoms in total. The van der Waals surface area contributed by atoms with Crippen molar-refractivity contribution < 1.29 is 15.0 Å². The first kappa shape index (κ1) is 7.54. The normalized spacial score (nSPS) is 33.7. The van der Waals surface area contributed by atoms with Gasteiger partial charge in [-0.15, -0.1) is 0 Å². The van der Waals surface area contributed by atoms with Crippen molar-refractivity contribution >= 4 is 5.97 Å². The second-order valence-electron chi connectivity index (χ2n) is 2.86. The van der Waals surface area contributed by atoms with E-state index < -0.39 is 5.97 Å². The molecule has 0 spiro atoms. The Bertz CT molecular complexity index is 133. The number of carboxylic acids is 1. The van der Waals surface area contributed by atoms with Gasteiger partial charge in [0.1, 0.15) is 0 Å². The molecule has 0 bridgehead atoms. The first-order chi connectivity index (χ1) is 4.70. The summed E-state index contributed by atoms with van der Waals surface area (Å²) in [6.45, 7) is 0. The summed E-state index contributed by atoms with van der Waals surface area (Å²) in [7, 11) is 0. The predicted molar refractivity (Wildman–Crippen MR) is 35.6 cm³/mol. The van der Waals surface area contributed by atoms with E-state index in [4.69, 9.17) is 10.2 Å². The van der Waals surface area contributed by atoms with Gasteiger partial charge in [-0.2, -0.15) is 0 Å². The summed E-state index contributed by atoms with van der Waals surface area (Å²) in [6, 6.07) is 0. The summed E-state index contributed by atoms with van der Waals surface area (Å²) in [6.07, 6.45) is 2.40. The highest BCUT2D eigenvalue weighted by Crippen LogP contribution is 2.23. The Morgan fingerprint density at radius 2 is 2.10 bits per heavy atom. The van der Waals surface area contributed by atoms with Gasteiger partial charge in [0, 0.05) is 0 Å². The molecule has 3 heteroatoms. The van der Waals surface area contributed by atoms with Crippen molar-refractivity contribution in [2.24, 2.45) is 5.92 Å². The molecular weight excluding hydrogens is 132 g/mol. The summed E-state index contributed by atoms with van der Waals surface area (Å²) in [4.78, 5) is 10.4. The predicted octanol–water partition coefficient (Wildman–Crippen LogP) is 0.622. The van der Waals surface area contributed by atoms with Gasteiger partial charge in [-0.3, -0.25) is 4.79 Å². The van der Waals surface area contributed by atoms with Crippen LogP contribution in [0.5, 0.6) is 0 Å². The van der Waals surface area contributed by atoms with Crippen molar-refractivity contribution in [1.82, 2.24) is 0 Å². The van der Waals surface area contributed by atoms with Crippen molar-refractivity contribution in [3.05, 3.63) is 0 Å². The molecule has 0 aromatic heterocycles. The highest BCUT2D eigenvalue weighted by Gasteiger charge is 2.25.